The van der Waals surface area contributed by atoms with E-state index in [-0.39, 0.29) is 37.3 Å². The van der Waals surface area contributed by atoms with Crippen LogP contribution in [-0.4, -0.2) is 66.7 Å². The van der Waals surface area contributed by atoms with E-state index < -0.39 is 0 Å². The van der Waals surface area contributed by atoms with Crippen molar-refractivity contribution >= 4 is 52.3 Å². The number of hydrogen-bond acceptors (Lipinski definition) is 4. The number of benzene rings is 1. The van der Waals surface area contributed by atoms with Crippen molar-refractivity contribution in [2.24, 2.45) is 0 Å². The number of β-amino-alcohol motifs (C(OH)–C–C–N with tert-alkyl or cyclic N) is 1. The number of aliphatic hydroxyl groups is 1. The van der Waals surface area contributed by atoms with Crippen molar-refractivity contribution in [2.45, 2.75) is 13.3 Å². The van der Waals surface area contributed by atoms with E-state index in [1.54, 1.807) is 0 Å². The van der Waals surface area contributed by atoms with Gasteiger partial charge in [0.2, 0.25) is 5.91 Å². The molecule has 0 aromatic heterocycles. The van der Waals surface area contributed by atoms with Crippen molar-refractivity contribution in [3.63, 3.8) is 0 Å². The SMILES string of the molecule is Cc1ccc(NC(=O)CCN2CCN(CCO)CC2)cc1Br.Cl.Cl. The van der Waals surface area contributed by atoms with Crippen LogP contribution >= 0.6 is 40.7 Å². The van der Waals surface area contributed by atoms with Crippen LogP contribution < -0.4 is 5.32 Å². The summed E-state index contributed by atoms with van der Waals surface area (Å²) in [4.78, 5) is 16.6. The lowest BCUT2D eigenvalue weighted by Gasteiger charge is -2.34. The third-order valence-corrected chi connectivity index (χ3v) is 4.85. The van der Waals surface area contributed by atoms with E-state index in [1.807, 2.05) is 25.1 Å². The molecule has 2 rings (SSSR count). The molecule has 1 aromatic rings. The third-order valence-electron chi connectivity index (χ3n) is 3.99. The molecule has 5 nitrogen and oxygen atoms in total. The Bertz CT molecular complexity index is 512. The van der Waals surface area contributed by atoms with Gasteiger partial charge in [-0.2, -0.15) is 0 Å². The van der Waals surface area contributed by atoms with E-state index in [0.717, 1.165) is 55.0 Å². The molecule has 2 N–H and O–H groups in total. The first-order valence-corrected chi connectivity index (χ1v) is 8.49. The summed E-state index contributed by atoms with van der Waals surface area (Å²) in [7, 11) is 0. The maximum Gasteiger partial charge on any atom is 0.225 e. The summed E-state index contributed by atoms with van der Waals surface area (Å²) in [5, 5.41) is 11.9. The lowest BCUT2D eigenvalue weighted by Crippen LogP contribution is -2.47. The first-order valence-electron chi connectivity index (χ1n) is 7.70. The first kappa shape index (κ1) is 23.6. The van der Waals surface area contributed by atoms with Gasteiger partial charge in [0.05, 0.1) is 6.61 Å². The van der Waals surface area contributed by atoms with Gasteiger partial charge in [0.25, 0.3) is 0 Å². The molecule has 0 bridgehead atoms. The quantitative estimate of drug-likeness (QED) is 0.710. The van der Waals surface area contributed by atoms with E-state index in [1.165, 1.54) is 0 Å². The molecule has 1 amide bonds. The largest absolute Gasteiger partial charge is 0.395 e. The molecular weight excluding hydrogens is 417 g/mol. The Kier molecular flexibility index (Phi) is 11.9. The van der Waals surface area contributed by atoms with Crippen molar-refractivity contribution in [1.82, 2.24) is 9.80 Å². The average molecular weight is 443 g/mol. The molecule has 1 aliphatic heterocycles. The highest BCUT2D eigenvalue weighted by molar-refractivity contribution is 9.10. The minimum absolute atomic E-state index is 0. The summed E-state index contributed by atoms with van der Waals surface area (Å²) in [6, 6.07) is 5.84. The van der Waals surface area contributed by atoms with Gasteiger partial charge >= 0.3 is 0 Å². The number of rotatable bonds is 6. The Balaban J connectivity index is 0.00000264. The van der Waals surface area contributed by atoms with Crippen molar-refractivity contribution in [3.05, 3.63) is 28.2 Å². The maximum atomic E-state index is 12.0. The average Bonchev–Trinajstić information content (AvgIpc) is 2.51. The van der Waals surface area contributed by atoms with E-state index in [4.69, 9.17) is 5.11 Å². The van der Waals surface area contributed by atoms with Crippen molar-refractivity contribution in [3.8, 4) is 0 Å². The smallest absolute Gasteiger partial charge is 0.225 e. The normalized spacial score (nSPS) is 15.3. The third kappa shape index (κ3) is 7.68. The number of aryl methyl sites for hydroxylation is 1. The van der Waals surface area contributed by atoms with Crippen molar-refractivity contribution < 1.29 is 9.90 Å². The van der Waals surface area contributed by atoms with Crippen LogP contribution in [0.4, 0.5) is 5.69 Å². The molecule has 1 aliphatic rings. The van der Waals surface area contributed by atoms with E-state index in [0.29, 0.717) is 6.42 Å². The summed E-state index contributed by atoms with van der Waals surface area (Å²) >= 11 is 3.47. The lowest BCUT2D eigenvalue weighted by molar-refractivity contribution is -0.116. The van der Waals surface area contributed by atoms with Crippen LogP contribution in [-0.2, 0) is 4.79 Å². The number of amides is 1. The van der Waals surface area contributed by atoms with E-state index in [9.17, 15) is 4.79 Å². The molecule has 0 saturated carbocycles. The van der Waals surface area contributed by atoms with Gasteiger partial charge in [0.15, 0.2) is 0 Å². The van der Waals surface area contributed by atoms with Gasteiger partial charge < -0.3 is 15.3 Å². The Hall–Kier alpha value is -0.370. The fourth-order valence-electron chi connectivity index (χ4n) is 2.53. The molecule has 0 atom stereocenters. The van der Waals surface area contributed by atoms with Crippen LogP contribution in [0.15, 0.2) is 22.7 Å². The fourth-order valence-corrected chi connectivity index (χ4v) is 2.91. The summed E-state index contributed by atoms with van der Waals surface area (Å²) in [6.45, 7) is 7.62. The standard InChI is InChI=1S/C16H24BrN3O2.2ClH/c1-13-2-3-14(12-15(13)17)18-16(22)4-5-19-6-8-20(9-7-19)10-11-21;;/h2-3,12,21H,4-11H2,1H3,(H,18,22);2*1H. The van der Waals surface area contributed by atoms with Crippen LogP contribution in [0.2, 0.25) is 0 Å². The highest BCUT2D eigenvalue weighted by atomic mass is 79.9. The second kappa shape index (κ2) is 12.1. The molecule has 1 aromatic carbocycles. The molecule has 1 saturated heterocycles. The summed E-state index contributed by atoms with van der Waals surface area (Å²) < 4.78 is 1.00. The van der Waals surface area contributed by atoms with Crippen LogP contribution in [0.25, 0.3) is 0 Å². The Morgan fingerprint density at radius 3 is 2.29 bits per heavy atom. The van der Waals surface area contributed by atoms with Crippen LogP contribution in [0.1, 0.15) is 12.0 Å². The highest BCUT2D eigenvalue weighted by Gasteiger charge is 2.16. The van der Waals surface area contributed by atoms with Crippen LogP contribution in [0, 0.1) is 6.92 Å². The van der Waals surface area contributed by atoms with Gasteiger partial charge in [-0.05, 0) is 24.6 Å². The van der Waals surface area contributed by atoms with Gasteiger partial charge in [-0.1, -0.05) is 22.0 Å². The number of carbonyl (C=O) groups excluding carboxylic acids is 1. The molecule has 24 heavy (non-hydrogen) atoms. The van der Waals surface area contributed by atoms with Crippen molar-refractivity contribution in [2.75, 3.05) is 51.2 Å². The first-order chi connectivity index (χ1) is 10.6. The van der Waals surface area contributed by atoms with Crippen LogP contribution in [0.3, 0.4) is 0 Å². The molecule has 1 fully saturated rings. The van der Waals surface area contributed by atoms with Gasteiger partial charge in [0, 0.05) is 55.8 Å². The number of aliphatic hydroxyl groups excluding tert-OH is 1. The number of hydrogen-bond donors (Lipinski definition) is 2. The molecule has 0 radical (unpaired) electrons. The molecular formula is C16H26BrCl2N3O2. The number of carbonyl (C=O) groups is 1. The summed E-state index contributed by atoms with van der Waals surface area (Å²) in [5.41, 5.74) is 1.98. The second-order valence-electron chi connectivity index (χ2n) is 5.67. The highest BCUT2D eigenvalue weighted by Crippen LogP contribution is 2.20. The second-order valence-corrected chi connectivity index (χ2v) is 6.52. The minimum atomic E-state index is 0. The topological polar surface area (TPSA) is 55.8 Å². The summed E-state index contributed by atoms with van der Waals surface area (Å²) in [6.07, 6.45) is 0.505. The fraction of sp³-hybridized carbons (Fsp3) is 0.562. The molecule has 1 heterocycles. The monoisotopic (exact) mass is 441 g/mol. The minimum Gasteiger partial charge on any atom is -0.395 e. The van der Waals surface area contributed by atoms with Gasteiger partial charge in [0.1, 0.15) is 0 Å². The number of nitrogens with zero attached hydrogens (tertiary/aromatic N) is 2. The number of nitrogens with one attached hydrogen (secondary N) is 1. The number of piperazine rings is 1. The van der Waals surface area contributed by atoms with Crippen LogP contribution in [0.5, 0.6) is 0 Å². The lowest BCUT2D eigenvalue weighted by atomic mass is 10.2. The Labute approximate surface area is 164 Å². The molecule has 0 unspecified atom stereocenters. The number of halogens is 3. The van der Waals surface area contributed by atoms with Gasteiger partial charge in [-0.3, -0.25) is 9.69 Å². The molecule has 8 heteroatoms. The van der Waals surface area contributed by atoms with Crippen molar-refractivity contribution in [1.29, 1.82) is 0 Å². The maximum absolute atomic E-state index is 12.0. The predicted molar refractivity (Wildman–Crippen MR) is 107 cm³/mol. The zero-order chi connectivity index (χ0) is 15.9. The molecule has 0 spiro atoms. The van der Waals surface area contributed by atoms with Gasteiger partial charge in [-0.25, -0.2) is 0 Å². The molecule has 138 valence electrons. The predicted octanol–water partition coefficient (Wildman–Crippen LogP) is 2.54. The molecule has 0 aliphatic carbocycles. The zero-order valence-electron chi connectivity index (χ0n) is 13.8. The van der Waals surface area contributed by atoms with E-state index in [2.05, 4.69) is 31.0 Å². The number of anilines is 1. The Morgan fingerprint density at radius 2 is 1.75 bits per heavy atom. The van der Waals surface area contributed by atoms with Gasteiger partial charge in [-0.15, -0.1) is 24.8 Å². The zero-order valence-corrected chi connectivity index (χ0v) is 17.1. The van der Waals surface area contributed by atoms with E-state index >= 15 is 0 Å². The Morgan fingerprint density at radius 1 is 1.17 bits per heavy atom. The summed E-state index contributed by atoms with van der Waals surface area (Å²) in [5.74, 6) is 0.0496.